The van der Waals surface area contributed by atoms with Crippen molar-refractivity contribution in [2.45, 2.75) is 122 Å². The van der Waals surface area contributed by atoms with Crippen molar-refractivity contribution in [2.75, 3.05) is 7.11 Å². The predicted octanol–water partition coefficient (Wildman–Crippen LogP) is 10.6. The fourth-order valence-corrected chi connectivity index (χ4v) is 11.5. The summed E-state index contributed by atoms with van der Waals surface area (Å²) in [5.41, 5.74) is 0. The fourth-order valence-electron chi connectivity index (χ4n) is 5.52. The van der Waals surface area contributed by atoms with Crippen LogP contribution in [0.15, 0.2) is 121 Å². The zero-order chi connectivity index (χ0) is 36.4. The highest BCUT2D eigenvalue weighted by Gasteiger charge is 2.51. The van der Waals surface area contributed by atoms with Gasteiger partial charge >= 0.3 is 5.97 Å². The molecule has 6 heteroatoms. The molecule has 0 spiro atoms. The molecule has 0 unspecified atom stereocenters. The summed E-state index contributed by atoms with van der Waals surface area (Å²) in [5, 5.41) is 2.69. The van der Waals surface area contributed by atoms with E-state index in [4.69, 9.17) is 13.6 Å². The molecule has 2 atom stereocenters. The first-order chi connectivity index (χ1) is 23.2. The number of hydrogen-bond donors (Lipinski definition) is 0. The average Bonchev–Trinajstić information content (AvgIpc) is 3.06. The summed E-state index contributed by atoms with van der Waals surface area (Å²) >= 11 is 0. The van der Waals surface area contributed by atoms with E-state index >= 15 is 0 Å². The summed E-state index contributed by atoms with van der Waals surface area (Å²) in [6.07, 6.45) is 26.1. The van der Waals surface area contributed by atoms with Gasteiger partial charge in [-0.25, -0.2) is 0 Å². The number of benzene rings is 2. The van der Waals surface area contributed by atoms with Crippen molar-refractivity contribution in [1.82, 2.24) is 0 Å². The Kier molecular flexibility index (Phi) is 17.7. The van der Waals surface area contributed by atoms with Crippen LogP contribution in [0, 0.1) is 0 Å². The van der Waals surface area contributed by atoms with E-state index in [-0.39, 0.29) is 28.3 Å². The molecule has 0 saturated carbocycles. The Morgan fingerprint density at radius 3 is 1.61 bits per heavy atom. The van der Waals surface area contributed by atoms with Crippen molar-refractivity contribution < 1.29 is 18.4 Å². The molecular formula is C43H64O4Si2. The molecule has 49 heavy (non-hydrogen) atoms. The third-order valence-electron chi connectivity index (χ3n) is 9.35. The SMILES string of the molecule is CC[C@H](/C=C/C=C/C/C=C/C/C=C/C=C/[C@H](CCCC(=O)OC)O[Si](C)(C)C(C)(C)C)O[Si](c1ccccc1)(c1ccccc1)C(C)(C)C. The van der Waals surface area contributed by atoms with Crippen molar-refractivity contribution in [3.63, 3.8) is 0 Å². The van der Waals surface area contributed by atoms with Gasteiger partial charge in [0.05, 0.1) is 19.3 Å². The van der Waals surface area contributed by atoms with Gasteiger partial charge in [0.15, 0.2) is 8.32 Å². The summed E-state index contributed by atoms with van der Waals surface area (Å²) in [6.45, 7) is 20.5. The van der Waals surface area contributed by atoms with E-state index in [1.807, 2.05) is 0 Å². The smallest absolute Gasteiger partial charge is 0.305 e. The number of allylic oxidation sites excluding steroid dienone is 8. The maximum absolute atomic E-state index is 11.6. The Morgan fingerprint density at radius 2 is 1.18 bits per heavy atom. The van der Waals surface area contributed by atoms with Crippen LogP contribution in [-0.4, -0.2) is 41.9 Å². The standard InChI is InChI=1S/C43H64O4Si2/c1-11-37(47-49(43(5,6)7,39-32-24-20-25-33-39)40-34-26-21-27-35-40)29-22-18-16-14-12-13-15-17-19-23-30-38(31-28-36-41(44)45-8)46-48(9,10)42(2,3)4/h12-13,16-27,29-30,32-35,37-38H,11,14-15,28,31,36H2,1-10H3/b13-12+,18-16+,19-17+,29-22+,30-23+/t37-,38-/m1/s1. The molecule has 2 aromatic rings. The van der Waals surface area contributed by atoms with Crippen LogP contribution in [0.25, 0.3) is 0 Å². The van der Waals surface area contributed by atoms with Gasteiger partial charge in [-0.05, 0) is 65.6 Å². The molecular weight excluding hydrogens is 637 g/mol. The van der Waals surface area contributed by atoms with E-state index in [9.17, 15) is 4.79 Å². The Morgan fingerprint density at radius 1 is 0.694 bits per heavy atom. The van der Waals surface area contributed by atoms with Gasteiger partial charge in [0.2, 0.25) is 0 Å². The van der Waals surface area contributed by atoms with E-state index in [1.165, 1.54) is 17.5 Å². The van der Waals surface area contributed by atoms with Crippen LogP contribution in [-0.2, 0) is 18.4 Å². The van der Waals surface area contributed by atoms with Crippen molar-refractivity contribution in [3.8, 4) is 0 Å². The van der Waals surface area contributed by atoms with Crippen LogP contribution in [0.1, 0.15) is 87.0 Å². The van der Waals surface area contributed by atoms with Gasteiger partial charge in [0.1, 0.15) is 0 Å². The van der Waals surface area contributed by atoms with Gasteiger partial charge in [0.25, 0.3) is 8.32 Å². The Balaban J connectivity index is 1.97. The number of esters is 1. The lowest BCUT2D eigenvalue weighted by atomic mass is 10.1. The second-order valence-corrected chi connectivity index (χ2v) is 24.2. The van der Waals surface area contributed by atoms with Gasteiger partial charge < -0.3 is 13.6 Å². The summed E-state index contributed by atoms with van der Waals surface area (Å²) in [6, 6.07) is 21.7. The van der Waals surface area contributed by atoms with Crippen molar-refractivity contribution in [1.29, 1.82) is 0 Å². The van der Waals surface area contributed by atoms with E-state index in [2.05, 4.69) is 183 Å². The first kappa shape index (κ1) is 42.1. The first-order valence-electron chi connectivity index (χ1n) is 18.0. The molecule has 0 saturated heterocycles. The van der Waals surface area contributed by atoms with Gasteiger partial charge in [0, 0.05) is 6.42 Å². The Hall–Kier alpha value is -3.04. The topological polar surface area (TPSA) is 44.8 Å². The van der Waals surface area contributed by atoms with Gasteiger partial charge in [-0.3, -0.25) is 4.79 Å². The Labute approximate surface area is 301 Å². The summed E-state index contributed by atoms with van der Waals surface area (Å²) < 4.78 is 18.7. The van der Waals surface area contributed by atoms with E-state index in [0.717, 1.165) is 32.1 Å². The molecule has 0 aromatic heterocycles. The quantitative estimate of drug-likeness (QED) is 0.0633. The minimum atomic E-state index is -2.59. The Bertz CT molecular complexity index is 1340. The fraction of sp³-hybridized carbons (Fsp3) is 0.465. The lowest BCUT2D eigenvalue weighted by molar-refractivity contribution is -0.140. The summed E-state index contributed by atoms with van der Waals surface area (Å²) in [5.74, 6) is -0.168. The zero-order valence-corrected chi connectivity index (χ0v) is 34.1. The molecule has 0 fully saturated rings. The third-order valence-corrected chi connectivity index (χ3v) is 18.9. The maximum Gasteiger partial charge on any atom is 0.305 e. The third kappa shape index (κ3) is 13.7. The average molecular weight is 701 g/mol. The number of methoxy groups -OCH3 is 1. The highest BCUT2D eigenvalue weighted by atomic mass is 28.4. The molecule has 0 radical (unpaired) electrons. The monoisotopic (exact) mass is 700 g/mol. The normalized spacial score (nSPS) is 14.9. The number of rotatable bonds is 19. The summed E-state index contributed by atoms with van der Waals surface area (Å²) in [4.78, 5) is 11.6. The van der Waals surface area contributed by atoms with Crippen molar-refractivity contribution in [3.05, 3.63) is 121 Å². The molecule has 0 amide bonds. The second kappa shape index (κ2) is 20.6. The molecule has 2 aromatic carbocycles. The molecule has 4 nitrogen and oxygen atoms in total. The van der Waals surface area contributed by atoms with Gasteiger partial charge in [-0.1, -0.05) is 170 Å². The molecule has 0 N–H and O–H groups in total. The lowest BCUT2D eigenvalue weighted by Crippen LogP contribution is -2.67. The van der Waals surface area contributed by atoms with Gasteiger partial charge in [-0.15, -0.1) is 0 Å². The molecule has 0 aliphatic rings. The molecule has 2 rings (SSSR count). The molecule has 0 aliphatic carbocycles. The van der Waals surface area contributed by atoms with Crippen LogP contribution in [0.5, 0.6) is 0 Å². The molecule has 0 bridgehead atoms. The number of hydrogen-bond acceptors (Lipinski definition) is 4. The van der Waals surface area contributed by atoms with E-state index in [1.54, 1.807) is 0 Å². The van der Waals surface area contributed by atoms with E-state index in [0.29, 0.717) is 6.42 Å². The van der Waals surface area contributed by atoms with Crippen LogP contribution >= 0.6 is 0 Å². The largest absolute Gasteiger partial charge is 0.469 e. The number of carbonyl (C=O) groups is 1. The molecule has 268 valence electrons. The number of ether oxygens (including phenoxy) is 1. The highest BCUT2D eigenvalue weighted by molar-refractivity contribution is 6.99. The highest BCUT2D eigenvalue weighted by Crippen LogP contribution is 2.39. The van der Waals surface area contributed by atoms with Gasteiger partial charge in [-0.2, -0.15) is 0 Å². The molecule has 0 aliphatic heterocycles. The molecule has 0 heterocycles. The number of carbonyl (C=O) groups excluding carboxylic acids is 1. The maximum atomic E-state index is 11.6. The van der Waals surface area contributed by atoms with Crippen molar-refractivity contribution in [2.24, 2.45) is 0 Å². The first-order valence-corrected chi connectivity index (χ1v) is 22.8. The van der Waals surface area contributed by atoms with Crippen LogP contribution < -0.4 is 10.4 Å². The van der Waals surface area contributed by atoms with Crippen molar-refractivity contribution >= 4 is 33.0 Å². The van der Waals surface area contributed by atoms with Crippen LogP contribution in [0.2, 0.25) is 23.2 Å². The second-order valence-electron chi connectivity index (χ2n) is 15.2. The van der Waals surface area contributed by atoms with E-state index < -0.39 is 16.6 Å². The van der Waals surface area contributed by atoms with Crippen LogP contribution in [0.4, 0.5) is 0 Å². The summed E-state index contributed by atoms with van der Waals surface area (Å²) in [7, 11) is -3.08. The minimum absolute atomic E-state index is 0.00876. The van der Waals surface area contributed by atoms with Crippen LogP contribution in [0.3, 0.4) is 0 Å². The predicted molar refractivity (Wildman–Crippen MR) is 216 cm³/mol. The zero-order valence-electron chi connectivity index (χ0n) is 32.1. The lowest BCUT2D eigenvalue weighted by Gasteiger charge is -2.44. The minimum Gasteiger partial charge on any atom is -0.469 e.